The number of hydrogen-bond acceptors (Lipinski definition) is 4. The van der Waals surface area contributed by atoms with E-state index in [0.29, 0.717) is 0 Å². The summed E-state index contributed by atoms with van der Waals surface area (Å²) in [6.07, 6.45) is 2.77. The third-order valence-electron chi connectivity index (χ3n) is 4.01. The number of H-pyrrole nitrogens is 1. The number of rotatable bonds is 7. The van der Waals surface area contributed by atoms with E-state index in [1.807, 2.05) is 41.7 Å². The Bertz CT molecular complexity index is 929. The third-order valence-corrected chi connectivity index (χ3v) is 4.94. The van der Waals surface area contributed by atoms with E-state index >= 15 is 0 Å². The summed E-state index contributed by atoms with van der Waals surface area (Å²) in [5.41, 5.74) is 3.17. The average molecular weight is 349 g/mol. The van der Waals surface area contributed by atoms with Crippen molar-refractivity contribution in [2.45, 2.75) is 13.0 Å². The lowest BCUT2D eigenvalue weighted by molar-refractivity contribution is 0.483. The van der Waals surface area contributed by atoms with E-state index in [1.165, 1.54) is 10.4 Å². The van der Waals surface area contributed by atoms with E-state index < -0.39 is 0 Å². The number of aromatic amines is 1. The first-order valence-electron chi connectivity index (χ1n) is 8.30. The fraction of sp³-hybridized carbons (Fsp3) is 0.150. The maximum atomic E-state index is 5.92. The van der Waals surface area contributed by atoms with E-state index in [4.69, 9.17) is 4.74 Å². The van der Waals surface area contributed by atoms with Gasteiger partial charge in [-0.3, -0.25) is 0 Å². The molecule has 0 radical (unpaired) electrons. The molecule has 2 heterocycles. The molecule has 126 valence electrons. The van der Waals surface area contributed by atoms with E-state index in [1.54, 1.807) is 6.33 Å². The second kappa shape index (κ2) is 7.51. The molecule has 0 bridgehead atoms. The predicted octanol–water partition coefficient (Wildman–Crippen LogP) is 4.75. The van der Waals surface area contributed by atoms with Gasteiger partial charge in [0.15, 0.2) is 0 Å². The van der Waals surface area contributed by atoms with Gasteiger partial charge in [-0.1, -0.05) is 18.2 Å². The Morgan fingerprint density at radius 2 is 1.92 bits per heavy atom. The number of aromatic nitrogens is 2. The Labute approximate surface area is 150 Å². The van der Waals surface area contributed by atoms with Gasteiger partial charge in [0.1, 0.15) is 11.5 Å². The molecule has 0 unspecified atom stereocenters. The van der Waals surface area contributed by atoms with Crippen LogP contribution in [0.3, 0.4) is 0 Å². The predicted molar refractivity (Wildman–Crippen MR) is 102 cm³/mol. The van der Waals surface area contributed by atoms with Crippen LogP contribution in [0.1, 0.15) is 10.4 Å². The van der Waals surface area contributed by atoms with Crippen LogP contribution in [0.15, 0.2) is 66.3 Å². The van der Waals surface area contributed by atoms with Gasteiger partial charge in [-0.2, -0.15) is 0 Å². The number of fused-ring (bicyclic) bond motifs is 1. The Balaban J connectivity index is 1.30. The van der Waals surface area contributed by atoms with Crippen molar-refractivity contribution in [1.82, 2.24) is 15.3 Å². The number of hydrogen-bond donors (Lipinski definition) is 2. The van der Waals surface area contributed by atoms with Crippen molar-refractivity contribution in [1.29, 1.82) is 0 Å². The highest BCUT2D eigenvalue weighted by Gasteiger charge is 2.02. The molecule has 0 atom stereocenters. The first kappa shape index (κ1) is 15.9. The van der Waals surface area contributed by atoms with E-state index in [9.17, 15) is 0 Å². The summed E-state index contributed by atoms with van der Waals surface area (Å²) in [7, 11) is 0. The molecule has 0 spiro atoms. The van der Waals surface area contributed by atoms with Gasteiger partial charge in [0.05, 0.1) is 17.4 Å². The number of nitrogens with one attached hydrogen (secondary N) is 2. The quantitative estimate of drug-likeness (QED) is 0.473. The fourth-order valence-electron chi connectivity index (χ4n) is 2.69. The van der Waals surface area contributed by atoms with Crippen LogP contribution in [0.4, 0.5) is 0 Å². The molecule has 4 rings (SSSR count). The van der Waals surface area contributed by atoms with Crippen LogP contribution in [-0.2, 0) is 13.0 Å². The molecule has 5 heteroatoms. The summed E-state index contributed by atoms with van der Waals surface area (Å²) in [6, 6.07) is 18.3. The van der Waals surface area contributed by atoms with Crippen LogP contribution in [0.2, 0.25) is 0 Å². The van der Waals surface area contributed by atoms with Crippen molar-refractivity contribution >= 4 is 22.4 Å². The molecule has 2 aromatic heterocycles. The second-order valence-electron chi connectivity index (χ2n) is 5.83. The van der Waals surface area contributed by atoms with Crippen molar-refractivity contribution < 1.29 is 4.74 Å². The van der Waals surface area contributed by atoms with Gasteiger partial charge in [0.2, 0.25) is 0 Å². The number of nitrogens with zero attached hydrogens (tertiary/aromatic N) is 1. The molecular formula is C20H19N3OS. The zero-order valence-electron chi connectivity index (χ0n) is 13.7. The van der Waals surface area contributed by atoms with Crippen LogP contribution >= 0.6 is 11.3 Å². The average Bonchev–Trinajstić information content (AvgIpc) is 3.31. The normalized spacial score (nSPS) is 11.0. The summed E-state index contributed by atoms with van der Waals surface area (Å²) in [4.78, 5) is 8.73. The standard InChI is InChI=1S/C20H19N3OS/c1-2-18(25-11-1)9-10-21-13-15-3-5-16(6-4-15)24-17-7-8-19-20(12-17)23-14-22-19/h1-8,11-12,14,21H,9-10,13H2,(H,22,23). The summed E-state index contributed by atoms with van der Waals surface area (Å²) in [5.74, 6) is 1.64. The first-order chi connectivity index (χ1) is 12.4. The van der Waals surface area contributed by atoms with Crippen LogP contribution < -0.4 is 10.1 Å². The van der Waals surface area contributed by atoms with E-state index in [-0.39, 0.29) is 0 Å². The molecule has 0 aliphatic heterocycles. The van der Waals surface area contributed by atoms with Crippen molar-refractivity contribution in [3.05, 3.63) is 76.7 Å². The Hall–Kier alpha value is -2.63. The van der Waals surface area contributed by atoms with Gasteiger partial charge in [-0.15, -0.1) is 11.3 Å². The second-order valence-corrected chi connectivity index (χ2v) is 6.87. The van der Waals surface area contributed by atoms with Gasteiger partial charge >= 0.3 is 0 Å². The molecular weight excluding hydrogens is 330 g/mol. The smallest absolute Gasteiger partial charge is 0.129 e. The molecule has 2 N–H and O–H groups in total. The zero-order chi connectivity index (χ0) is 16.9. The number of ether oxygens (including phenoxy) is 1. The Morgan fingerprint density at radius 3 is 2.76 bits per heavy atom. The summed E-state index contributed by atoms with van der Waals surface area (Å²) in [6.45, 7) is 1.86. The third kappa shape index (κ3) is 4.07. The van der Waals surface area contributed by atoms with E-state index in [0.717, 1.165) is 42.0 Å². The van der Waals surface area contributed by atoms with Crippen LogP contribution in [-0.4, -0.2) is 16.5 Å². The Kier molecular flexibility index (Phi) is 4.77. The molecule has 0 amide bonds. The van der Waals surface area contributed by atoms with Crippen molar-refractivity contribution in [2.24, 2.45) is 0 Å². The fourth-order valence-corrected chi connectivity index (χ4v) is 3.40. The first-order valence-corrected chi connectivity index (χ1v) is 9.18. The maximum Gasteiger partial charge on any atom is 0.129 e. The van der Waals surface area contributed by atoms with Crippen molar-refractivity contribution in [2.75, 3.05) is 6.54 Å². The van der Waals surface area contributed by atoms with Crippen LogP contribution in [0, 0.1) is 0 Å². The minimum atomic E-state index is 0.804. The zero-order valence-corrected chi connectivity index (χ0v) is 14.6. The monoisotopic (exact) mass is 349 g/mol. The molecule has 4 nitrogen and oxygen atoms in total. The lowest BCUT2D eigenvalue weighted by atomic mass is 10.2. The summed E-state index contributed by atoms with van der Waals surface area (Å²) >= 11 is 1.81. The van der Waals surface area contributed by atoms with E-state index in [2.05, 4.69) is 44.9 Å². The SMILES string of the molecule is c1csc(CCNCc2ccc(Oc3ccc4nc[nH]c4c3)cc2)c1. The van der Waals surface area contributed by atoms with Crippen molar-refractivity contribution in [3.8, 4) is 11.5 Å². The molecule has 0 aliphatic carbocycles. The van der Waals surface area contributed by atoms with Gasteiger partial charge < -0.3 is 15.0 Å². The largest absolute Gasteiger partial charge is 0.457 e. The molecule has 0 fully saturated rings. The minimum Gasteiger partial charge on any atom is -0.457 e. The van der Waals surface area contributed by atoms with Gasteiger partial charge in [-0.25, -0.2) is 4.98 Å². The molecule has 0 saturated heterocycles. The van der Waals surface area contributed by atoms with Crippen molar-refractivity contribution in [3.63, 3.8) is 0 Å². The minimum absolute atomic E-state index is 0.804. The molecule has 0 saturated carbocycles. The molecule has 2 aromatic carbocycles. The molecule has 4 aromatic rings. The van der Waals surface area contributed by atoms with Gasteiger partial charge in [0, 0.05) is 24.0 Å². The highest BCUT2D eigenvalue weighted by atomic mass is 32.1. The lowest BCUT2D eigenvalue weighted by Crippen LogP contribution is -2.16. The summed E-state index contributed by atoms with van der Waals surface area (Å²) in [5, 5.41) is 5.60. The lowest BCUT2D eigenvalue weighted by Gasteiger charge is -2.08. The highest BCUT2D eigenvalue weighted by Crippen LogP contribution is 2.24. The number of benzene rings is 2. The maximum absolute atomic E-state index is 5.92. The number of imidazole rings is 1. The summed E-state index contributed by atoms with van der Waals surface area (Å²) < 4.78 is 5.92. The molecule has 0 aliphatic rings. The van der Waals surface area contributed by atoms with Gasteiger partial charge in [0.25, 0.3) is 0 Å². The Morgan fingerprint density at radius 1 is 1.04 bits per heavy atom. The van der Waals surface area contributed by atoms with Crippen LogP contribution in [0.5, 0.6) is 11.5 Å². The van der Waals surface area contributed by atoms with Crippen LogP contribution in [0.25, 0.3) is 11.0 Å². The van der Waals surface area contributed by atoms with Gasteiger partial charge in [-0.05, 0) is 47.7 Å². The topological polar surface area (TPSA) is 49.9 Å². The highest BCUT2D eigenvalue weighted by molar-refractivity contribution is 7.09. The number of thiophene rings is 1. The molecule has 25 heavy (non-hydrogen) atoms.